The van der Waals surface area contributed by atoms with Crippen LogP contribution in [0.15, 0.2) is 30.3 Å². The van der Waals surface area contributed by atoms with Crippen molar-refractivity contribution in [3.63, 3.8) is 0 Å². The van der Waals surface area contributed by atoms with E-state index in [9.17, 15) is 9.90 Å². The minimum absolute atomic E-state index is 0.156. The Morgan fingerprint density at radius 2 is 2.10 bits per heavy atom. The van der Waals surface area contributed by atoms with Gasteiger partial charge in [-0.05, 0) is 31.2 Å². The van der Waals surface area contributed by atoms with Crippen molar-refractivity contribution in [1.29, 1.82) is 0 Å². The summed E-state index contributed by atoms with van der Waals surface area (Å²) in [6.07, 6.45) is 5.31. The van der Waals surface area contributed by atoms with E-state index in [4.69, 9.17) is 0 Å². The molecule has 1 aromatic rings. The minimum atomic E-state index is -0.606. The Kier molecular flexibility index (Phi) is 3.79. The Balaban J connectivity index is 1.87. The first-order valence-corrected chi connectivity index (χ1v) is 7.77. The maximum Gasteiger partial charge on any atom is 0.308 e. The van der Waals surface area contributed by atoms with Crippen molar-refractivity contribution in [3.05, 3.63) is 35.9 Å². The molecule has 3 rings (SSSR count). The van der Waals surface area contributed by atoms with E-state index in [-0.39, 0.29) is 12.0 Å². The number of benzene rings is 1. The molecule has 2 fully saturated rings. The van der Waals surface area contributed by atoms with Gasteiger partial charge in [-0.25, -0.2) is 0 Å². The Labute approximate surface area is 120 Å². The number of aliphatic carboxylic acids is 1. The summed E-state index contributed by atoms with van der Waals surface area (Å²) in [6, 6.07) is 11.7. The maximum absolute atomic E-state index is 11.4. The monoisotopic (exact) mass is 273 g/mol. The first kappa shape index (κ1) is 13.6. The number of hydrogen-bond donors (Lipinski definition) is 1. The van der Waals surface area contributed by atoms with Gasteiger partial charge in [0.1, 0.15) is 0 Å². The van der Waals surface area contributed by atoms with E-state index in [2.05, 4.69) is 36.1 Å². The first-order chi connectivity index (χ1) is 9.72. The average molecular weight is 273 g/mol. The van der Waals surface area contributed by atoms with Gasteiger partial charge in [0, 0.05) is 18.1 Å². The molecule has 0 radical (unpaired) electrons. The van der Waals surface area contributed by atoms with Gasteiger partial charge in [0.25, 0.3) is 0 Å². The third-order valence-corrected chi connectivity index (χ3v) is 5.01. The van der Waals surface area contributed by atoms with Crippen molar-refractivity contribution < 1.29 is 9.90 Å². The van der Waals surface area contributed by atoms with E-state index < -0.39 is 5.97 Å². The fourth-order valence-electron chi connectivity index (χ4n) is 4.22. The molecular weight excluding hydrogens is 250 g/mol. The highest BCUT2D eigenvalue weighted by atomic mass is 16.4. The Morgan fingerprint density at radius 3 is 2.70 bits per heavy atom. The molecule has 1 aromatic carbocycles. The lowest BCUT2D eigenvalue weighted by atomic mass is 9.89. The summed E-state index contributed by atoms with van der Waals surface area (Å²) in [5.41, 5.74) is 1.34. The van der Waals surface area contributed by atoms with Gasteiger partial charge in [0.05, 0.1) is 5.92 Å². The first-order valence-electron chi connectivity index (χ1n) is 7.77. The SMILES string of the molecule is CCCC(c1ccccc1)N1C2CCC1C(C(=O)O)C2. The summed E-state index contributed by atoms with van der Waals surface area (Å²) in [4.78, 5) is 14.0. The van der Waals surface area contributed by atoms with Gasteiger partial charge < -0.3 is 5.11 Å². The van der Waals surface area contributed by atoms with Gasteiger partial charge in [-0.2, -0.15) is 0 Å². The third-order valence-electron chi connectivity index (χ3n) is 5.01. The smallest absolute Gasteiger partial charge is 0.308 e. The lowest BCUT2D eigenvalue weighted by molar-refractivity contribution is -0.142. The number of carboxylic acid groups (broad SMARTS) is 1. The van der Waals surface area contributed by atoms with Crippen LogP contribution in [0.4, 0.5) is 0 Å². The second kappa shape index (κ2) is 5.57. The van der Waals surface area contributed by atoms with Crippen LogP contribution in [0.1, 0.15) is 50.6 Å². The van der Waals surface area contributed by atoms with E-state index in [1.165, 1.54) is 12.0 Å². The van der Waals surface area contributed by atoms with Crippen molar-refractivity contribution in [2.75, 3.05) is 0 Å². The summed E-state index contributed by atoms with van der Waals surface area (Å²) in [5.74, 6) is -0.762. The average Bonchev–Trinajstić information content (AvgIpc) is 3.03. The summed E-state index contributed by atoms with van der Waals surface area (Å²) >= 11 is 0. The standard InChI is InChI=1S/C17H23NO2/c1-2-6-15(12-7-4-3-5-8-12)18-13-9-10-16(18)14(11-13)17(19)20/h3-5,7-8,13-16H,2,6,9-11H2,1H3,(H,19,20). The fraction of sp³-hybridized carbons (Fsp3) is 0.588. The molecule has 2 aliphatic heterocycles. The molecule has 4 unspecified atom stereocenters. The zero-order valence-electron chi connectivity index (χ0n) is 12.0. The molecule has 0 aliphatic carbocycles. The van der Waals surface area contributed by atoms with E-state index in [0.29, 0.717) is 12.1 Å². The number of hydrogen-bond acceptors (Lipinski definition) is 2. The highest BCUT2D eigenvalue weighted by molar-refractivity contribution is 5.71. The van der Waals surface area contributed by atoms with Gasteiger partial charge in [-0.1, -0.05) is 43.7 Å². The summed E-state index contributed by atoms with van der Waals surface area (Å²) in [5, 5.41) is 9.41. The lowest BCUT2D eigenvalue weighted by Crippen LogP contribution is -2.36. The maximum atomic E-state index is 11.4. The molecule has 3 nitrogen and oxygen atoms in total. The van der Waals surface area contributed by atoms with Crippen LogP contribution in [0.5, 0.6) is 0 Å². The minimum Gasteiger partial charge on any atom is -0.481 e. The van der Waals surface area contributed by atoms with E-state index >= 15 is 0 Å². The highest BCUT2D eigenvalue weighted by Crippen LogP contribution is 2.47. The van der Waals surface area contributed by atoms with E-state index in [1.54, 1.807) is 0 Å². The second-order valence-corrected chi connectivity index (χ2v) is 6.14. The third kappa shape index (κ3) is 2.24. The Hall–Kier alpha value is -1.35. The molecule has 4 atom stereocenters. The van der Waals surface area contributed by atoms with Crippen molar-refractivity contribution >= 4 is 5.97 Å². The molecule has 0 spiro atoms. The molecule has 1 N–H and O–H groups in total. The van der Waals surface area contributed by atoms with Gasteiger partial charge in [-0.15, -0.1) is 0 Å². The summed E-state index contributed by atoms with van der Waals surface area (Å²) < 4.78 is 0. The van der Waals surface area contributed by atoms with Crippen LogP contribution in [-0.2, 0) is 4.79 Å². The van der Waals surface area contributed by atoms with Crippen LogP contribution < -0.4 is 0 Å². The number of fused-ring (bicyclic) bond motifs is 2. The predicted octanol–water partition coefficient (Wildman–Crippen LogP) is 3.47. The van der Waals surface area contributed by atoms with Crippen LogP contribution in [0, 0.1) is 5.92 Å². The molecule has 3 heteroatoms. The van der Waals surface area contributed by atoms with Crippen LogP contribution in [-0.4, -0.2) is 28.1 Å². The second-order valence-electron chi connectivity index (χ2n) is 6.14. The van der Waals surface area contributed by atoms with Crippen LogP contribution >= 0.6 is 0 Å². The molecule has 2 saturated heterocycles. The quantitative estimate of drug-likeness (QED) is 0.893. The fourth-order valence-corrected chi connectivity index (χ4v) is 4.22. The normalized spacial score (nSPS) is 30.6. The van der Waals surface area contributed by atoms with Crippen molar-refractivity contribution in [3.8, 4) is 0 Å². The topological polar surface area (TPSA) is 40.5 Å². The Morgan fingerprint density at radius 1 is 1.35 bits per heavy atom. The van der Waals surface area contributed by atoms with Crippen LogP contribution in [0.3, 0.4) is 0 Å². The zero-order valence-corrected chi connectivity index (χ0v) is 12.0. The molecule has 2 aliphatic rings. The van der Waals surface area contributed by atoms with Gasteiger partial charge >= 0.3 is 5.97 Å². The lowest BCUT2D eigenvalue weighted by Gasteiger charge is -2.33. The number of rotatable bonds is 5. The molecule has 0 amide bonds. The van der Waals surface area contributed by atoms with Crippen molar-refractivity contribution in [2.24, 2.45) is 5.92 Å². The molecule has 2 heterocycles. The van der Waals surface area contributed by atoms with Crippen LogP contribution in [0.2, 0.25) is 0 Å². The Bertz CT molecular complexity index is 473. The summed E-state index contributed by atoms with van der Waals surface area (Å²) in [6.45, 7) is 2.21. The van der Waals surface area contributed by atoms with Gasteiger partial charge in [0.2, 0.25) is 0 Å². The van der Waals surface area contributed by atoms with E-state index in [0.717, 1.165) is 25.7 Å². The molecule has 0 saturated carbocycles. The van der Waals surface area contributed by atoms with Crippen molar-refractivity contribution in [2.45, 2.75) is 57.2 Å². The van der Waals surface area contributed by atoms with E-state index in [1.807, 2.05) is 6.07 Å². The zero-order chi connectivity index (χ0) is 14.1. The molecule has 2 bridgehead atoms. The highest BCUT2D eigenvalue weighted by Gasteiger charge is 2.51. The molecule has 0 aromatic heterocycles. The summed E-state index contributed by atoms with van der Waals surface area (Å²) in [7, 11) is 0. The molecule has 108 valence electrons. The van der Waals surface area contributed by atoms with Gasteiger partial charge in [-0.3, -0.25) is 9.69 Å². The number of carbonyl (C=O) groups is 1. The predicted molar refractivity (Wildman–Crippen MR) is 78.5 cm³/mol. The van der Waals surface area contributed by atoms with Crippen LogP contribution in [0.25, 0.3) is 0 Å². The van der Waals surface area contributed by atoms with Crippen molar-refractivity contribution in [1.82, 2.24) is 4.90 Å². The molecule has 20 heavy (non-hydrogen) atoms. The molecular formula is C17H23NO2. The largest absolute Gasteiger partial charge is 0.481 e. The number of nitrogens with zero attached hydrogens (tertiary/aromatic N) is 1. The van der Waals surface area contributed by atoms with Gasteiger partial charge in [0.15, 0.2) is 0 Å². The number of carboxylic acids is 1.